The van der Waals surface area contributed by atoms with E-state index in [1.54, 1.807) is 0 Å². The fraction of sp³-hybridized carbons (Fsp3) is 0.542. The van der Waals surface area contributed by atoms with Crippen molar-refractivity contribution in [2.24, 2.45) is 5.92 Å². The number of rotatable bonds is 9. The van der Waals surface area contributed by atoms with Crippen LogP contribution in [0, 0.1) is 18.7 Å². The summed E-state index contributed by atoms with van der Waals surface area (Å²) in [6, 6.07) is 2.41. The van der Waals surface area contributed by atoms with Crippen LogP contribution in [0.2, 0.25) is 0 Å². The minimum Gasteiger partial charge on any atom is -0.491 e. The van der Waals surface area contributed by atoms with Crippen molar-refractivity contribution in [1.82, 2.24) is 9.97 Å². The normalized spacial score (nSPS) is 24.6. The van der Waals surface area contributed by atoms with Crippen LogP contribution in [-0.4, -0.2) is 70.9 Å². The lowest BCUT2D eigenvalue weighted by Crippen LogP contribution is -2.47. The van der Waals surface area contributed by atoms with Gasteiger partial charge in [0.15, 0.2) is 11.4 Å². The average molecular weight is 532 g/mol. The first-order valence-electron chi connectivity index (χ1n) is 11.4. The van der Waals surface area contributed by atoms with Crippen LogP contribution in [0.15, 0.2) is 24.5 Å². The van der Waals surface area contributed by atoms with Crippen molar-refractivity contribution in [3.63, 3.8) is 0 Å². The largest absolute Gasteiger partial charge is 0.491 e. The Labute approximate surface area is 210 Å². The quantitative estimate of drug-likeness (QED) is 0.333. The van der Waals surface area contributed by atoms with Crippen LogP contribution >= 0.6 is 0 Å². The van der Waals surface area contributed by atoms with Crippen molar-refractivity contribution in [3.8, 4) is 5.75 Å². The number of halogens is 4. The number of carbonyl (C=O) groups excluding carboxylic acids is 1. The van der Waals surface area contributed by atoms with E-state index in [-0.39, 0.29) is 41.6 Å². The van der Waals surface area contributed by atoms with E-state index < -0.39 is 54.2 Å². The van der Waals surface area contributed by atoms with Gasteiger partial charge >= 0.3 is 6.18 Å². The molecule has 1 aliphatic rings. The molecule has 3 N–H and O–H groups in total. The zero-order chi connectivity index (χ0) is 27.5. The summed E-state index contributed by atoms with van der Waals surface area (Å²) >= 11 is 0. The number of amides is 1. The lowest BCUT2D eigenvalue weighted by molar-refractivity contribution is -0.272. The maximum Gasteiger partial charge on any atom is 0.417 e. The molecular formula is C24H29F4N3O6. The van der Waals surface area contributed by atoms with E-state index in [0.29, 0.717) is 0 Å². The molecular weight excluding hydrogens is 502 g/mol. The van der Waals surface area contributed by atoms with Gasteiger partial charge in [0.05, 0.1) is 31.3 Å². The molecule has 37 heavy (non-hydrogen) atoms. The minimum atomic E-state index is -4.82. The first kappa shape index (κ1) is 28.7. The number of benzene rings is 1. The third kappa shape index (κ3) is 5.69. The predicted octanol–water partition coefficient (Wildman–Crippen LogP) is 3.05. The highest BCUT2D eigenvalue weighted by Gasteiger charge is 2.65. The number of alkyl halides is 3. The highest BCUT2D eigenvalue weighted by molar-refractivity contribution is 5.95. The van der Waals surface area contributed by atoms with Crippen LogP contribution in [0.1, 0.15) is 42.8 Å². The molecule has 13 heteroatoms. The zero-order valence-electron chi connectivity index (χ0n) is 20.7. The number of aromatic nitrogens is 2. The van der Waals surface area contributed by atoms with Gasteiger partial charge in [0.2, 0.25) is 0 Å². The van der Waals surface area contributed by atoms with Crippen LogP contribution in [0.5, 0.6) is 5.75 Å². The van der Waals surface area contributed by atoms with Crippen LogP contribution in [0.4, 0.5) is 23.2 Å². The summed E-state index contributed by atoms with van der Waals surface area (Å²) in [5, 5.41) is 21.1. The van der Waals surface area contributed by atoms with Gasteiger partial charge in [0.1, 0.15) is 30.4 Å². The molecule has 0 radical (unpaired) electrons. The molecule has 0 spiro atoms. The summed E-state index contributed by atoms with van der Waals surface area (Å²) in [4.78, 5) is 20.9. The van der Waals surface area contributed by atoms with Gasteiger partial charge in [0, 0.05) is 30.1 Å². The van der Waals surface area contributed by atoms with Crippen molar-refractivity contribution < 1.29 is 46.8 Å². The molecule has 1 amide bonds. The number of carbonyl (C=O) groups is 1. The second kappa shape index (κ2) is 11.3. The molecule has 0 bridgehead atoms. The molecule has 0 unspecified atom stereocenters. The van der Waals surface area contributed by atoms with Crippen molar-refractivity contribution in [3.05, 3.63) is 47.3 Å². The lowest BCUT2D eigenvalue weighted by Gasteiger charge is -2.32. The number of hydrogen-bond donors (Lipinski definition) is 3. The molecule has 5 atom stereocenters. The van der Waals surface area contributed by atoms with Crippen LogP contribution in [0.3, 0.4) is 0 Å². The third-order valence-corrected chi connectivity index (χ3v) is 6.60. The summed E-state index contributed by atoms with van der Waals surface area (Å²) in [6.45, 7) is 3.15. The van der Waals surface area contributed by atoms with Crippen molar-refractivity contribution >= 4 is 11.6 Å². The summed E-state index contributed by atoms with van der Waals surface area (Å²) in [5.74, 6) is -4.05. The van der Waals surface area contributed by atoms with Gasteiger partial charge in [-0.05, 0) is 19.9 Å². The first-order chi connectivity index (χ1) is 17.4. The number of methoxy groups -OCH3 is 1. The Morgan fingerprint density at radius 3 is 2.49 bits per heavy atom. The molecule has 1 aromatic heterocycles. The number of aliphatic hydroxyl groups is 2. The Morgan fingerprint density at radius 2 is 1.92 bits per heavy atom. The number of ether oxygens (including phenoxy) is 3. The smallest absolute Gasteiger partial charge is 0.417 e. The van der Waals surface area contributed by atoms with Gasteiger partial charge in [-0.3, -0.25) is 4.79 Å². The summed E-state index contributed by atoms with van der Waals surface area (Å²) in [7, 11) is 1.44. The number of anilines is 1. The highest BCUT2D eigenvalue weighted by atomic mass is 19.4. The SMILES string of the molecule is COCCOc1c([C@H]2[C@H](C(=O)Nc3cnc([C@H](O)CO)nc3)O[C@@](C)(C(F)(F)F)[C@H]2C)ccc(F)c1C. The molecule has 1 aliphatic heterocycles. The topological polar surface area (TPSA) is 123 Å². The van der Waals surface area contributed by atoms with E-state index in [4.69, 9.17) is 19.3 Å². The van der Waals surface area contributed by atoms with Gasteiger partial charge in [-0.25, -0.2) is 14.4 Å². The number of aliphatic hydroxyl groups excluding tert-OH is 2. The predicted molar refractivity (Wildman–Crippen MR) is 122 cm³/mol. The Balaban J connectivity index is 2.02. The third-order valence-electron chi connectivity index (χ3n) is 6.60. The fourth-order valence-electron chi connectivity index (χ4n) is 4.26. The van der Waals surface area contributed by atoms with Crippen molar-refractivity contribution in [1.29, 1.82) is 0 Å². The Hall–Kier alpha value is -2.87. The average Bonchev–Trinajstić information content (AvgIpc) is 3.13. The second-order valence-corrected chi connectivity index (χ2v) is 8.91. The van der Waals surface area contributed by atoms with Gasteiger partial charge in [-0.1, -0.05) is 13.0 Å². The van der Waals surface area contributed by atoms with E-state index in [2.05, 4.69) is 15.3 Å². The fourth-order valence-corrected chi connectivity index (χ4v) is 4.26. The Kier molecular flexibility index (Phi) is 8.73. The van der Waals surface area contributed by atoms with Gasteiger partial charge in [-0.15, -0.1) is 0 Å². The van der Waals surface area contributed by atoms with Crippen LogP contribution in [0.25, 0.3) is 0 Å². The molecule has 0 saturated carbocycles. The summed E-state index contributed by atoms with van der Waals surface area (Å²) in [6.07, 6.45) is -5.53. The molecule has 204 valence electrons. The highest BCUT2D eigenvalue weighted by Crippen LogP contribution is 2.55. The molecule has 1 aromatic carbocycles. The van der Waals surface area contributed by atoms with Gasteiger partial charge < -0.3 is 29.7 Å². The first-order valence-corrected chi connectivity index (χ1v) is 11.4. The van der Waals surface area contributed by atoms with Crippen LogP contribution < -0.4 is 10.1 Å². The second-order valence-electron chi connectivity index (χ2n) is 8.91. The van der Waals surface area contributed by atoms with E-state index in [1.165, 1.54) is 27.0 Å². The van der Waals surface area contributed by atoms with Crippen molar-refractivity contribution in [2.75, 3.05) is 32.2 Å². The minimum absolute atomic E-state index is 0.00648. The Bertz CT molecular complexity index is 1100. The van der Waals surface area contributed by atoms with Crippen LogP contribution in [-0.2, 0) is 14.3 Å². The molecule has 3 rings (SSSR count). The van der Waals surface area contributed by atoms with E-state index >= 15 is 0 Å². The molecule has 1 saturated heterocycles. The number of hydrogen-bond acceptors (Lipinski definition) is 8. The number of nitrogens with one attached hydrogen (secondary N) is 1. The molecule has 9 nitrogen and oxygen atoms in total. The lowest BCUT2D eigenvalue weighted by atomic mass is 9.76. The Morgan fingerprint density at radius 1 is 1.27 bits per heavy atom. The standard InChI is InChI=1S/C24H29F4N3O6/c1-12-16(25)6-5-15(19(12)36-8-7-35-4)18-13(2)23(3,24(26,27)28)37-20(18)22(34)31-14-9-29-21(30-10-14)17(33)11-32/h5-6,9-10,13,17-18,20,32-33H,7-8,11H2,1-4H3,(H,31,34)/t13-,17+,18-,20+,23+/m0/s1. The molecule has 0 aliphatic carbocycles. The summed E-state index contributed by atoms with van der Waals surface area (Å²) < 4.78 is 73.0. The van der Waals surface area contributed by atoms with Gasteiger partial charge in [-0.2, -0.15) is 13.2 Å². The van der Waals surface area contributed by atoms with Crippen molar-refractivity contribution in [2.45, 2.75) is 50.7 Å². The summed E-state index contributed by atoms with van der Waals surface area (Å²) in [5.41, 5.74) is -2.40. The zero-order valence-corrected chi connectivity index (χ0v) is 20.7. The van der Waals surface area contributed by atoms with E-state index in [0.717, 1.165) is 25.4 Å². The molecule has 2 heterocycles. The molecule has 2 aromatic rings. The van der Waals surface area contributed by atoms with E-state index in [1.807, 2.05) is 0 Å². The molecule has 1 fully saturated rings. The van der Waals surface area contributed by atoms with Gasteiger partial charge in [0.25, 0.3) is 5.91 Å². The number of nitrogens with zero attached hydrogens (tertiary/aromatic N) is 2. The van der Waals surface area contributed by atoms with E-state index in [9.17, 15) is 27.5 Å². The maximum absolute atomic E-state index is 14.4. The monoisotopic (exact) mass is 531 g/mol. The maximum atomic E-state index is 14.4.